The van der Waals surface area contributed by atoms with Gasteiger partial charge in [-0.05, 0) is 54.5 Å². The van der Waals surface area contributed by atoms with Crippen molar-refractivity contribution < 1.29 is 9.53 Å². The number of halogens is 1. The SMILES string of the molecule is COC(=O)[C@]1(C)CCC[C@]2(C)c3ccc(C(C)C)cc3-c3nc(NCc4ccccc4Cl)sc3C12. The maximum absolute atomic E-state index is 13.2. The summed E-state index contributed by atoms with van der Waals surface area (Å²) in [5.74, 6) is 0.315. The van der Waals surface area contributed by atoms with E-state index in [1.165, 1.54) is 28.7 Å². The minimum atomic E-state index is -0.600. The molecule has 0 radical (unpaired) electrons. The third-order valence-electron chi connectivity index (χ3n) is 8.20. The van der Waals surface area contributed by atoms with Crippen LogP contribution in [0.4, 0.5) is 5.13 Å². The van der Waals surface area contributed by atoms with Gasteiger partial charge in [-0.15, -0.1) is 11.3 Å². The lowest BCUT2D eigenvalue weighted by atomic mass is 9.50. The molecule has 2 aliphatic carbocycles. The topological polar surface area (TPSA) is 51.2 Å². The Morgan fingerprint density at radius 2 is 2.00 bits per heavy atom. The van der Waals surface area contributed by atoms with Crippen LogP contribution in [0.15, 0.2) is 42.5 Å². The van der Waals surface area contributed by atoms with Crippen molar-refractivity contribution in [1.82, 2.24) is 4.98 Å². The number of hydrogen-bond donors (Lipinski definition) is 1. The summed E-state index contributed by atoms with van der Waals surface area (Å²) >= 11 is 8.07. The van der Waals surface area contributed by atoms with Crippen LogP contribution in [0.1, 0.15) is 80.4 Å². The standard InChI is InChI=1S/C29H33ClN2O2S/c1-17(2)18-11-12-21-20(15-18)23-24(25-28(21,3)13-8-14-29(25,4)26(33)34-5)35-27(32-23)31-16-19-9-6-7-10-22(19)30/h6-7,9-12,15,17,25H,8,13-14,16H2,1-5H3,(H,31,32)/t25?,28-,29-/m1/s1. The van der Waals surface area contributed by atoms with Gasteiger partial charge in [0, 0.05) is 33.3 Å². The summed E-state index contributed by atoms with van der Waals surface area (Å²) in [6.45, 7) is 9.48. The predicted molar refractivity (Wildman–Crippen MR) is 144 cm³/mol. The fourth-order valence-electron chi connectivity index (χ4n) is 6.36. The Bertz CT molecular complexity index is 1290. The second-order valence-corrected chi connectivity index (χ2v) is 12.2. The minimum absolute atomic E-state index is 0.0111. The summed E-state index contributed by atoms with van der Waals surface area (Å²) in [7, 11) is 1.51. The van der Waals surface area contributed by atoms with Crippen molar-refractivity contribution in [2.45, 2.75) is 70.8 Å². The van der Waals surface area contributed by atoms with E-state index in [4.69, 9.17) is 21.3 Å². The van der Waals surface area contributed by atoms with E-state index >= 15 is 0 Å². The predicted octanol–water partition coefficient (Wildman–Crippen LogP) is 7.92. The van der Waals surface area contributed by atoms with Crippen molar-refractivity contribution in [3.8, 4) is 11.3 Å². The third kappa shape index (κ3) is 3.88. The molecule has 0 saturated heterocycles. The number of benzene rings is 2. The summed E-state index contributed by atoms with van der Waals surface area (Å²) < 4.78 is 5.38. The molecule has 6 heteroatoms. The monoisotopic (exact) mass is 508 g/mol. The van der Waals surface area contributed by atoms with Crippen molar-refractivity contribution in [3.05, 3.63) is 69.1 Å². The van der Waals surface area contributed by atoms with Gasteiger partial charge in [0.15, 0.2) is 5.13 Å². The van der Waals surface area contributed by atoms with Gasteiger partial charge in [-0.1, -0.05) is 69.1 Å². The highest BCUT2D eigenvalue weighted by Crippen LogP contribution is 2.64. The quantitative estimate of drug-likeness (QED) is 0.355. The van der Waals surface area contributed by atoms with Crippen LogP contribution in [0, 0.1) is 5.41 Å². The lowest BCUT2D eigenvalue weighted by Crippen LogP contribution is -2.50. The number of esters is 1. The van der Waals surface area contributed by atoms with Crippen LogP contribution in [-0.4, -0.2) is 18.1 Å². The molecule has 0 bridgehead atoms. The molecule has 0 spiro atoms. The first-order valence-electron chi connectivity index (χ1n) is 12.4. The zero-order valence-corrected chi connectivity index (χ0v) is 22.6. The lowest BCUT2D eigenvalue weighted by Gasteiger charge is -2.53. The van der Waals surface area contributed by atoms with E-state index < -0.39 is 5.41 Å². The Morgan fingerprint density at radius 3 is 2.71 bits per heavy atom. The molecular weight excluding hydrogens is 476 g/mol. The number of hydrogen-bond acceptors (Lipinski definition) is 5. The molecule has 0 amide bonds. The summed E-state index contributed by atoms with van der Waals surface area (Å²) in [4.78, 5) is 19.5. The Morgan fingerprint density at radius 1 is 1.23 bits per heavy atom. The molecule has 184 valence electrons. The number of thiazole rings is 1. The molecule has 3 atom stereocenters. The number of fused-ring (bicyclic) bond motifs is 6. The average Bonchev–Trinajstić information content (AvgIpc) is 3.26. The van der Waals surface area contributed by atoms with Gasteiger partial charge < -0.3 is 10.1 Å². The largest absolute Gasteiger partial charge is 0.469 e. The molecule has 1 saturated carbocycles. The normalized spacial score (nSPS) is 24.9. The van der Waals surface area contributed by atoms with Crippen molar-refractivity contribution in [2.24, 2.45) is 5.41 Å². The van der Waals surface area contributed by atoms with E-state index in [2.05, 4.69) is 51.2 Å². The Kier molecular flexibility index (Phi) is 6.21. The smallest absolute Gasteiger partial charge is 0.312 e. The number of nitrogens with zero attached hydrogens (tertiary/aromatic N) is 1. The highest BCUT2D eigenvalue weighted by atomic mass is 35.5. The molecule has 5 rings (SSSR count). The van der Waals surface area contributed by atoms with Gasteiger partial charge >= 0.3 is 5.97 Å². The number of anilines is 1. The summed E-state index contributed by atoms with van der Waals surface area (Å²) in [6.07, 6.45) is 2.85. The molecule has 0 aliphatic heterocycles. The summed E-state index contributed by atoms with van der Waals surface area (Å²) in [5.41, 5.74) is 5.10. The van der Waals surface area contributed by atoms with Crippen molar-refractivity contribution in [1.29, 1.82) is 0 Å². The van der Waals surface area contributed by atoms with Gasteiger partial charge in [0.05, 0.1) is 18.2 Å². The van der Waals surface area contributed by atoms with E-state index in [9.17, 15) is 4.79 Å². The van der Waals surface area contributed by atoms with Crippen molar-refractivity contribution in [2.75, 3.05) is 12.4 Å². The van der Waals surface area contributed by atoms with Crippen LogP contribution in [-0.2, 0) is 21.5 Å². The highest BCUT2D eigenvalue weighted by Gasteiger charge is 2.58. The van der Waals surface area contributed by atoms with E-state index in [-0.39, 0.29) is 17.3 Å². The molecule has 2 aliphatic rings. The molecule has 1 unspecified atom stereocenters. The second kappa shape index (κ2) is 8.94. The van der Waals surface area contributed by atoms with Crippen LogP contribution in [0.25, 0.3) is 11.3 Å². The molecule has 3 aromatic rings. The van der Waals surface area contributed by atoms with Gasteiger partial charge in [-0.25, -0.2) is 4.98 Å². The first kappa shape index (κ1) is 24.3. The number of methoxy groups -OCH3 is 1. The number of ether oxygens (including phenoxy) is 1. The number of rotatable bonds is 5. The zero-order valence-electron chi connectivity index (χ0n) is 21.1. The van der Waals surface area contributed by atoms with E-state index in [0.717, 1.165) is 40.7 Å². The molecule has 4 nitrogen and oxygen atoms in total. The van der Waals surface area contributed by atoms with Gasteiger partial charge in [0.25, 0.3) is 0 Å². The highest BCUT2D eigenvalue weighted by molar-refractivity contribution is 7.16. The summed E-state index contributed by atoms with van der Waals surface area (Å²) in [6, 6.07) is 14.7. The Balaban J connectivity index is 1.65. The first-order valence-corrected chi connectivity index (χ1v) is 13.6. The van der Waals surface area contributed by atoms with Crippen LogP contribution < -0.4 is 5.32 Å². The lowest BCUT2D eigenvalue weighted by molar-refractivity contribution is -0.157. The second-order valence-electron chi connectivity index (χ2n) is 10.7. The van der Waals surface area contributed by atoms with Crippen LogP contribution in [0.3, 0.4) is 0 Å². The fourth-order valence-corrected chi connectivity index (χ4v) is 7.94. The molecule has 1 aromatic heterocycles. The number of carbonyl (C=O) groups is 1. The van der Waals surface area contributed by atoms with E-state index in [1.807, 2.05) is 24.3 Å². The van der Waals surface area contributed by atoms with Crippen molar-refractivity contribution >= 4 is 34.0 Å². The van der Waals surface area contributed by atoms with Gasteiger partial charge in [-0.2, -0.15) is 0 Å². The maximum Gasteiger partial charge on any atom is 0.312 e. The minimum Gasteiger partial charge on any atom is -0.469 e. The molecule has 35 heavy (non-hydrogen) atoms. The number of nitrogens with one attached hydrogen (secondary N) is 1. The molecule has 1 fully saturated rings. The van der Waals surface area contributed by atoms with Crippen molar-refractivity contribution in [3.63, 3.8) is 0 Å². The van der Waals surface area contributed by atoms with E-state index in [1.54, 1.807) is 11.3 Å². The first-order chi connectivity index (χ1) is 16.7. The Hall–Kier alpha value is -2.37. The zero-order chi connectivity index (χ0) is 25.0. The molecule has 1 N–H and O–H groups in total. The molecule has 2 aromatic carbocycles. The van der Waals surface area contributed by atoms with Gasteiger partial charge in [0.2, 0.25) is 0 Å². The van der Waals surface area contributed by atoms with Crippen LogP contribution >= 0.6 is 22.9 Å². The van der Waals surface area contributed by atoms with Crippen LogP contribution in [0.5, 0.6) is 0 Å². The fraction of sp³-hybridized carbons (Fsp3) is 0.448. The summed E-state index contributed by atoms with van der Waals surface area (Å²) in [5, 5.41) is 5.11. The van der Waals surface area contributed by atoms with Gasteiger partial charge in [0.1, 0.15) is 0 Å². The molecular formula is C29H33ClN2O2S. The molecule has 1 heterocycles. The van der Waals surface area contributed by atoms with E-state index in [0.29, 0.717) is 12.5 Å². The Labute approximate surface area is 217 Å². The number of aromatic nitrogens is 1. The average molecular weight is 509 g/mol. The number of carbonyl (C=O) groups excluding carboxylic acids is 1. The van der Waals surface area contributed by atoms with Gasteiger partial charge in [-0.3, -0.25) is 4.79 Å². The van der Waals surface area contributed by atoms with Crippen LogP contribution in [0.2, 0.25) is 5.02 Å². The third-order valence-corrected chi connectivity index (χ3v) is 9.65. The maximum atomic E-state index is 13.2.